The standard InChI is InChI=1S/C39H41N3O8S/c1-6-7-20-50-39(46)28-16-18-29(19-17-28)40-36(43)25(2)51-31-15-11-14-30(24-31)41-38(45)32(42-37(44)27-12-9-8-10-13-27)21-26-22-33(47-3)35(49-5)34(23-26)48-4/h8-19,21-25H,6-7,20H2,1-5H3,(H,40,43)(H,41,45)(H,42,44)/b32-21+. The normalized spacial score (nSPS) is 11.5. The second-order valence-electron chi connectivity index (χ2n) is 11.1. The number of anilines is 2. The maximum atomic E-state index is 13.7. The van der Waals surface area contributed by atoms with Crippen molar-refractivity contribution in [1.29, 1.82) is 0 Å². The van der Waals surface area contributed by atoms with Gasteiger partial charge in [0.1, 0.15) is 5.70 Å². The van der Waals surface area contributed by atoms with Gasteiger partial charge in [0.15, 0.2) is 11.5 Å². The summed E-state index contributed by atoms with van der Waals surface area (Å²) in [4.78, 5) is 52.8. The zero-order chi connectivity index (χ0) is 36.8. The molecule has 0 heterocycles. The molecule has 0 saturated carbocycles. The molecule has 4 aromatic rings. The summed E-state index contributed by atoms with van der Waals surface area (Å²) in [7, 11) is 4.46. The molecule has 0 aromatic heterocycles. The fraction of sp³-hybridized carbons (Fsp3) is 0.231. The molecular weight excluding hydrogens is 671 g/mol. The number of unbranched alkanes of at least 4 members (excludes halogenated alkanes) is 1. The lowest BCUT2D eigenvalue weighted by Gasteiger charge is -2.15. The minimum Gasteiger partial charge on any atom is -0.493 e. The number of rotatable bonds is 16. The largest absolute Gasteiger partial charge is 0.493 e. The van der Waals surface area contributed by atoms with Crippen molar-refractivity contribution < 1.29 is 38.1 Å². The summed E-state index contributed by atoms with van der Waals surface area (Å²) in [6.07, 6.45) is 3.23. The molecule has 0 spiro atoms. The zero-order valence-corrected chi connectivity index (χ0v) is 29.9. The molecule has 51 heavy (non-hydrogen) atoms. The van der Waals surface area contributed by atoms with Crippen LogP contribution >= 0.6 is 11.8 Å². The highest BCUT2D eigenvalue weighted by Gasteiger charge is 2.19. The third-order valence-electron chi connectivity index (χ3n) is 7.42. The van der Waals surface area contributed by atoms with E-state index in [2.05, 4.69) is 16.0 Å². The lowest BCUT2D eigenvalue weighted by molar-refractivity contribution is -0.115. The second-order valence-corrected chi connectivity index (χ2v) is 12.5. The Labute approximate surface area is 301 Å². The number of methoxy groups -OCH3 is 3. The van der Waals surface area contributed by atoms with Gasteiger partial charge in [0.25, 0.3) is 11.8 Å². The molecular formula is C39H41N3O8S. The number of nitrogens with one attached hydrogen (secondary N) is 3. The number of benzene rings is 4. The van der Waals surface area contributed by atoms with Crippen LogP contribution in [0.25, 0.3) is 6.08 Å². The van der Waals surface area contributed by atoms with Crippen LogP contribution in [-0.2, 0) is 14.3 Å². The Balaban J connectivity index is 1.48. The number of esters is 1. The van der Waals surface area contributed by atoms with Gasteiger partial charge in [-0.15, -0.1) is 11.8 Å². The predicted octanol–water partition coefficient (Wildman–Crippen LogP) is 7.20. The van der Waals surface area contributed by atoms with Crippen molar-refractivity contribution in [3.05, 3.63) is 113 Å². The van der Waals surface area contributed by atoms with Gasteiger partial charge in [-0.05, 0) is 91.7 Å². The molecule has 0 saturated heterocycles. The van der Waals surface area contributed by atoms with Gasteiger partial charge in [-0.3, -0.25) is 14.4 Å². The van der Waals surface area contributed by atoms with Crippen molar-refractivity contribution >= 4 is 52.9 Å². The Kier molecular flexibility index (Phi) is 14.1. The second kappa shape index (κ2) is 18.9. The van der Waals surface area contributed by atoms with Crippen LogP contribution in [0.1, 0.15) is 53.0 Å². The molecule has 0 aliphatic heterocycles. The third kappa shape index (κ3) is 10.9. The Morgan fingerprint density at radius 1 is 0.765 bits per heavy atom. The first-order valence-electron chi connectivity index (χ1n) is 16.2. The van der Waals surface area contributed by atoms with Crippen LogP contribution in [0, 0.1) is 0 Å². The molecule has 0 aliphatic rings. The van der Waals surface area contributed by atoms with Crippen molar-refractivity contribution in [2.75, 3.05) is 38.6 Å². The molecule has 266 valence electrons. The van der Waals surface area contributed by atoms with Crippen LogP contribution in [0.2, 0.25) is 0 Å². The molecule has 4 rings (SSSR count). The molecule has 1 unspecified atom stereocenters. The molecule has 1 atom stereocenters. The monoisotopic (exact) mass is 711 g/mol. The summed E-state index contributed by atoms with van der Waals surface area (Å²) in [5.74, 6) is -0.578. The first kappa shape index (κ1) is 38.1. The van der Waals surface area contributed by atoms with Gasteiger partial charge >= 0.3 is 5.97 Å². The van der Waals surface area contributed by atoms with Crippen LogP contribution in [0.5, 0.6) is 17.2 Å². The molecule has 3 N–H and O–H groups in total. The summed E-state index contributed by atoms with van der Waals surface area (Å²) in [5, 5.41) is 7.94. The minimum absolute atomic E-state index is 0.0378. The number of carbonyl (C=O) groups excluding carboxylic acids is 4. The number of carbonyl (C=O) groups is 4. The first-order valence-corrected chi connectivity index (χ1v) is 17.1. The number of hydrogen-bond donors (Lipinski definition) is 3. The third-order valence-corrected chi connectivity index (χ3v) is 8.51. The Morgan fingerprint density at radius 2 is 1.45 bits per heavy atom. The molecule has 0 aliphatic carbocycles. The minimum atomic E-state index is -0.585. The maximum absolute atomic E-state index is 13.7. The smallest absolute Gasteiger partial charge is 0.338 e. The van der Waals surface area contributed by atoms with Gasteiger partial charge in [-0.1, -0.05) is 37.6 Å². The van der Waals surface area contributed by atoms with E-state index in [1.165, 1.54) is 39.2 Å². The number of hydrogen-bond acceptors (Lipinski definition) is 9. The summed E-state index contributed by atoms with van der Waals surface area (Å²) in [6.45, 7) is 4.15. The summed E-state index contributed by atoms with van der Waals surface area (Å²) in [6, 6.07) is 25.4. The SMILES string of the molecule is CCCCOC(=O)c1ccc(NC(=O)C(C)Sc2cccc(NC(=O)/C(=C\c3cc(OC)c(OC)c(OC)c3)NC(=O)c3ccccc3)c2)cc1. The van der Waals surface area contributed by atoms with Gasteiger partial charge in [0.05, 0.1) is 38.7 Å². The lowest BCUT2D eigenvalue weighted by atomic mass is 10.1. The van der Waals surface area contributed by atoms with Gasteiger partial charge in [-0.2, -0.15) is 0 Å². The number of ether oxygens (including phenoxy) is 4. The Hall–Kier alpha value is -5.75. The van der Waals surface area contributed by atoms with E-state index >= 15 is 0 Å². The van der Waals surface area contributed by atoms with Crippen molar-refractivity contribution in [2.24, 2.45) is 0 Å². The molecule has 0 bridgehead atoms. The highest BCUT2D eigenvalue weighted by molar-refractivity contribution is 8.00. The Bertz CT molecular complexity index is 1840. The van der Waals surface area contributed by atoms with Crippen molar-refractivity contribution in [3.63, 3.8) is 0 Å². The van der Waals surface area contributed by atoms with Crippen molar-refractivity contribution in [2.45, 2.75) is 36.8 Å². The maximum Gasteiger partial charge on any atom is 0.338 e. The number of amides is 3. The average molecular weight is 712 g/mol. The lowest BCUT2D eigenvalue weighted by Crippen LogP contribution is -2.30. The van der Waals surface area contributed by atoms with Crippen LogP contribution in [-0.4, -0.2) is 56.9 Å². The van der Waals surface area contributed by atoms with E-state index in [1.54, 1.807) is 91.9 Å². The first-order chi connectivity index (χ1) is 24.6. The predicted molar refractivity (Wildman–Crippen MR) is 199 cm³/mol. The quantitative estimate of drug-likeness (QED) is 0.0476. The van der Waals surface area contributed by atoms with Crippen LogP contribution in [0.3, 0.4) is 0 Å². The highest BCUT2D eigenvalue weighted by Crippen LogP contribution is 2.38. The summed E-state index contributed by atoms with van der Waals surface area (Å²) < 4.78 is 21.6. The molecule has 11 nitrogen and oxygen atoms in total. The van der Waals surface area contributed by atoms with Crippen molar-refractivity contribution in [3.8, 4) is 17.2 Å². The molecule has 0 fully saturated rings. The molecule has 3 amide bonds. The van der Waals surface area contributed by atoms with E-state index in [1.807, 2.05) is 13.0 Å². The van der Waals surface area contributed by atoms with E-state index in [0.717, 1.165) is 17.7 Å². The molecule has 12 heteroatoms. The van der Waals surface area contributed by atoms with E-state index in [0.29, 0.717) is 51.9 Å². The van der Waals surface area contributed by atoms with E-state index in [-0.39, 0.29) is 11.6 Å². The fourth-order valence-corrected chi connectivity index (χ4v) is 5.65. The van der Waals surface area contributed by atoms with Gasteiger partial charge in [-0.25, -0.2) is 4.79 Å². The Morgan fingerprint density at radius 3 is 2.08 bits per heavy atom. The van der Waals surface area contributed by atoms with Crippen LogP contribution in [0.4, 0.5) is 11.4 Å². The average Bonchev–Trinajstić information content (AvgIpc) is 3.14. The van der Waals surface area contributed by atoms with Gasteiger partial charge < -0.3 is 34.9 Å². The van der Waals surface area contributed by atoms with Crippen LogP contribution in [0.15, 0.2) is 102 Å². The topological polar surface area (TPSA) is 141 Å². The van der Waals surface area contributed by atoms with E-state index < -0.39 is 23.0 Å². The fourth-order valence-electron chi connectivity index (χ4n) is 4.72. The summed E-state index contributed by atoms with van der Waals surface area (Å²) in [5.41, 5.74) is 2.24. The van der Waals surface area contributed by atoms with Gasteiger partial charge in [0, 0.05) is 21.8 Å². The van der Waals surface area contributed by atoms with E-state index in [4.69, 9.17) is 18.9 Å². The molecule has 4 aromatic carbocycles. The van der Waals surface area contributed by atoms with Gasteiger partial charge in [0.2, 0.25) is 11.7 Å². The number of thioether (sulfide) groups is 1. The highest BCUT2D eigenvalue weighted by atomic mass is 32.2. The van der Waals surface area contributed by atoms with Crippen LogP contribution < -0.4 is 30.2 Å². The van der Waals surface area contributed by atoms with Crippen molar-refractivity contribution in [1.82, 2.24) is 5.32 Å². The summed E-state index contributed by atoms with van der Waals surface area (Å²) >= 11 is 1.30. The van der Waals surface area contributed by atoms with E-state index in [9.17, 15) is 19.2 Å². The zero-order valence-electron chi connectivity index (χ0n) is 29.1. The molecule has 0 radical (unpaired) electrons.